The van der Waals surface area contributed by atoms with Gasteiger partial charge in [0.15, 0.2) is 5.13 Å². The third-order valence-electron chi connectivity index (χ3n) is 5.48. The molecule has 3 aromatic rings. The molecule has 1 aromatic carbocycles. The summed E-state index contributed by atoms with van der Waals surface area (Å²) in [4.78, 5) is 42.3. The summed E-state index contributed by atoms with van der Waals surface area (Å²) in [6, 6.07) is 9.02. The van der Waals surface area contributed by atoms with Gasteiger partial charge in [0.1, 0.15) is 10.6 Å². The number of nitrogens with zero attached hydrogens (tertiary/aromatic N) is 2. The van der Waals surface area contributed by atoms with E-state index in [9.17, 15) is 19.5 Å². The minimum atomic E-state index is -1.03. The number of aromatic carboxylic acids is 1. The zero-order valence-electron chi connectivity index (χ0n) is 17.4. The number of nitrogens with one attached hydrogen (secondary N) is 2. The molecule has 1 aliphatic heterocycles. The number of carbonyl (C=O) groups excluding carboxylic acids is 2. The lowest BCUT2D eigenvalue weighted by Gasteiger charge is -2.38. The fourth-order valence-corrected chi connectivity index (χ4v) is 4.95. The first-order chi connectivity index (χ1) is 15.8. The lowest BCUT2D eigenvalue weighted by Crippen LogP contribution is -2.58. The predicted molar refractivity (Wildman–Crippen MR) is 129 cm³/mol. The van der Waals surface area contributed by atoms with Crippen molar-refractivity contribution in [3.8, 4) is 0 Å². The number of hydrogen-bond acceptors (Lipinski definition) is 9. The van der Waals surface area contributed by atoms with Crippen molar-refractivity contribution in [1.82, 2.24) is 4.98 Å². The summed E-state index contributed by atoms with van der Waals surface area (Å²) in [5, 5.41) is 18.8. The Bertz CT molecular complexity index is 1200. The van der Waals surface area contributed by atoms with E-state index in [2.05, 4.69) is 20.5 Å². The number of rotatable bonds is 7. The van der Waals surface area contributed by atoms with Gasteiger partial charge in [-0.2, -0.15) is 0 Å². The number of aromatic nitrogens is 1. The SMILES string of the molecule is NC(=O)C1(N)CCN(c2ccccc2NC(=O)c2csc(Nc3ccsc3C(=O)O)n2)CC1. The first-order valence-electron chi connectivity index (χ1n) is 10.0. The van der Waals surface area contributed by atoms with E-state index in [1.165, 1.54) is 11.3 Å². The first kappa shape index (κ1) is 22.7. The standard InChI is InChI=1S/C21H22N6O4S2/c22-19(31)21(23)6-8-27(9-7-21)15-4-2-1-3-12(15)24-17(28)14-11-33-20(26-14)25-13-5-10-32-16(13)18(29)30/h1-5,10-11H,6-9,23H2,(H2,22,31)(H,24,28)(H,25,26)(H,29,30). The molecule has 1 saturated heterocycles. The minimum absolute atomic E-state index is 0.171. The molecule has 12 heteroatoms. The Kier molecular flexibility index (Phi) is 6.31. The molecule has 4 rings (SSSR count). The van der Waals surface area contributed by atoms with E-state index < -0.39 is 23.3 Å². The maximum Gasteiger partial charge on any atom is 0.348 e. The van der Waals surface area contributed by atoms with Crippen molar-refractivity contribution in [2.24, 2.45) is 11.5 Å². The Morgan fingerprint density at radius 2 is 1.82 bits per heavy atom. The van der Waals surface area contributed by atoms with E-state index in [4.69, 9.17) is 11.5 Å². The molecule has 1 aliphatic rings. The molecule has 0 aliphatic carbocycles. The number of nitrogens with two attached hydrogens (primary N) is 2. The summed E-state index contributed by atoms with van der Waals surface area (Å²) >= 11 is 2.31. The van der Waals surface area contributed by atoms with Crippen LogP contribution < -0.4 is 27.0 Å². The van der Waals surface area contributed by atoms with Crippen molar-refractivity contribution in [2.45, 2.75) is 18.4 Å². The number of carbonyl (C=O) groups is 3. The molecule has 10 nitrogen and oxygen atoms in total. The number of anilines is 4. The smallest absolute Gasteiger partial charge is 0.348 e. The van der Waals surface area contributed by atoms with Crippen molar-refractivity contribution in [1.29, 1.82) is 0 Å². The van der Waals surface area contributed by atoms with Crippen LogP contribution in [-0.4, -0.2) is 46.5 Å². The normalized spacial score (nSPS) is 15.1. The monoisotopic (exact) mass is 486 g/mol. The van der Waals surface area contributed by atoms with E-state index in [0.717, 1.165) is 17.0 Å². The molecule has 0 bridgehead atoms. The highest BCUT2D eigenvalue weighted by Crippen LogP contribution is 2.32. The number of thiophene rings is 1. The quantitative estimate of drug-likeness (QED) is 0.340. The molecular formula is C21H22N6O4S2. The Balaban J connectivity index is 1.45. The van der Waals surface area contributed by atoms with Gasteiger partial charge < -0.3 is 32.1 Å². The molecule has 7 N–H and O–H groups in total. The Morgan fingerprint density at radius 3 is 2.52 bits per heavy atom. The van der Waals surface area contributed by atoms with Crippen LogP contribution in [0.2, 0.25) is 0 Å². The second-order valence-electron chi connectivity index (χ2n) is 7.61. The highest BCUT2D eigenvalue weighted by atomic mass is 32.1. The average Bonchev–Trinajstić information content (AvgIpc) is 3.45. The summed E-state index contributed by atoms with van der Waals surface area (Å²) in [5.41, 5.74) is 12.6. The molecule has 0 atom stereocenters. The predicted octanol–water partition coefficient (Wildman–Crippen LogP) is 2.68. The molecule has 2 amide bonds. The molecule has 0 saturated carbocycles. The summed E-state index contributed by atoms with van der Waals surface area (Å²) in [5.74, 6) is -1.92. The number of amides is 2. The van der Waals surface area contributed by atoms with Crippen molar-refractivity contribution >= 4 is 62.7 Å². The highest BCUT2D eigenvalue weighted by Gasteiger charge is 2.36. The van der Waals surface area contributed by atoms with Crippen LogP contribution in [-0.2, 0) is 4.79 Å². The zero-order valence-corrected chi connectivity index (χ0v) is 19.0. The molecule has 33 heavy (non-hydrogen) atoms. The molecule has 3 heterocycles. The second kappa shape index (κ2) is 9.17. The molecule has 0 unspecified atom stereocenters. The van der Waals surface area contributed by atoms with E-state index in [0.29, 0.717) is 42.4 Å². The van der Waals surface area contributed by atoms with Crippen LogP contribution in [0.5, 0.6) is 0 Å². The van der Waals surface area contributed by atoms with Crippen molar-refractivity contribution < 1.29 is 19.5 Å². The fourth-order valence-electron chi connectivity index (χ4n) is 3.56. The van der Waals surface area contributed by atoms with E-state index >= 15 is 0 Å². The van der Waals surface area contributed by atoms with Gasteiger partial charge >= 0.3 is 5.97 Å². The molecule has 2 aromatic heterocycles. The van der Waals surface area contributed by atoms with E-state index in [-0.39, 0.29) is 10.6 Å². The topological polar surface area (TPSA) is 164 Å². The van der Waals surface area contributed by atoms with Gasteiger partial charge in [-0.05, 0) is 36.4 Å². The lowest BCUT2D eigenvalue weighted by atomic mass is 9.87. The molecule has 0 radical (unpaired) electrons. The van der Waals surface area contributed by atoms with Crippen LogP contribution in [0.1, 0.15) is 33.0 Å². The van der Waals surface area contributed by atoms with Gasteiger partial charge in [0, 0.05) is 18.5 Å². The molecule has 0 spiro atoms. The number of carboxylic acids is 1. The van der Waals surface area contributed by atoms with Gasteiger partial charge in [0.05, 0.1) is 22.6 Å². The number of hydrogen-bond donors (Lipinski definition) is 5. The Morgan fingerprint density at radius 1 is 1.09 bits per heavy atom. The average molecular weight is 487 g/mol. The highest BCUT2D eigenvalue weighted by molar-refractivity contribution is 7.14. The summed E-state index contributed by atoms with van der Waals surface area (Å²) < 4.78 is 0. The summed E-state index contributed by atoms with van der Waals surface area (Å²) in [6.07, 6.45) is 0.847. The first-order valence-corrected chi connectivity index (χ1v) is 11.8. The number of carboxylic acid groups (broad SMARTS) is 1. The third-order valence-corrected chi connectivity index (χ3v) is 7.14. The largest absolute Gasteiger partial charge is 0.477 e. The fraction of sp³-hybridized carbons (Fsp3) is 0.238. The molecular weight excluding hydrogens is 464 g/mol. The number of para-hydroxylation sites is 2. The second-order valence-corrected chi connectivity index (χ2v) is 9.38. The lowest BCUT2D eigenvalue weighted by molar-refractivity contribution is -0.123. The number of piperidine rings is 1. The van der Waals surface area contributed by atoms with Crippen molar-refractivity contribution in [3.63, 3.8) is 0 Å². The summed E-state index contributed by atoms with van der Waals surface area (Å²) in [7, 11) is 0. The van der Waals surface area contributed by atoms with Crippen molar-refractivity contribution in [3.05, 3.63) is 51.7 Å². The van der Waals surface area contributed by atoms with Crippen molar-refractivity contribution in [2.75, 3.05) is 28.6 Å². The maximum atomic E-state index is 12.8. The number of thiazole rings is 1. The van der Waals surface area contributed by atoms with Gasteiger partial charge in [0.25, 0.3) is 5.91 Å². The zero-order chi connectivity index (χ0) is 23.6. The molecule has 1 fully saturated rings. The van der Waals surface area contributed by atoms with Crippen LogP contribution in [0, 0.1) is 0 Å². The Labute approximate surface area is 197 Å². The van der Waals surface area contributed by atoms with Crippen LogP contribution in [0.3, 0.4) is 0 Å². The Hall–Kier alpha value is -3.48. The van der Waals surface area contributed by atoms with E-state index in [1.54, 1.807) is 22.9 Å². The van der Waals surface area contributed by atoms with Gasteiger partial charge in [0.2, 0.25) is 5.91 Å². The summed E-state index contributed by atoms with van der Waals surface area (Å²) in [6.45, 7) is 1.06. The number of benzene rings is 1. The van der Waals surface area contributed by atoms with Gasteiger partial charge in [-0.1, -0.05) is 12.1 Å². The van der Waals surface area contributed by atoms with Crippen LogP contribution in [0.25, 0.3) is 0 Å². The minimum Gasteiger partial charge on any atom is -0.477 e. The maximum absolute atomic E-state index is 12.8. The molecule has 172 valence electrons. The van der Waals surface area contributed by atoms with Gasteiger partial charge in [-0.15, -0.1) is 22.7 Å². The van der Waals surface area contributed by atoms with Gasteiger partial charge in [-0.25, -0.2) is 9.78 Å². The number of primary amides is 1. The van der Waals surface area contributed by atoms with Crippen LogP contribution in [0.15, 0.2) is 41.1 Å². The van der Waals surface area contributed by atoms with Crippen LogP contribution in [0.4, 0.5) is 22.2 Å². The third kappa shape index (κ3) is 4.82. The van der Waals surface area contributed by atoms with E-state index in [1.807, 2.05) is 18.2 Å². The van der Waals surface area contributed by atoms with Gasteiger partial charge in [-0.3, -0.25) is 9.59 Å². The van der Waals surface area contributed by atoms with Crippen LogP contribution >= 0.6 is 22.7 Å².